The minimum absolute atomic E-state index is 0.458. The second-order valence-corrected chi connectivity index (χ2v) is 14.1. The standard InChI is InChI=1S/C51H32N2O/c1-3-16-36(17-4-1)51(37-18-5-2-6-19-37)44-24-11-9-21-39(44)42-30-34(26-28-45(42)51)46-32-47(35-27-29-49-43(31-35)40-22-10-12-25-48(40)54-49)53-50(52-46)41-23-13-15-33-14-7-8-20-38(33)41/h1-32H. The third-order valence-corrected chi connectivity index (χ3v) is 11.2. The van der Waals surface area contributed by atoms with Crippen LogP contribution in [0.25, 0.3) is 77.7 Å². The van der Waals surface area contributed by atoms with E-state index in [1.165, 1.54) is 33.4 Å². The first-order valence-corrected chi connectivity index (χ1v) is 18.4. The van der Waals surface area contributed by atoms with Crippen LogP contribution in [0.2, 0.25) is 0 Å². The van der Waals surface area contributed by atoms with E-state index in [9.17, 15) is 0 Å². The fourth-order valence-electron chi connectivity index (χ4n) is 8.78. The van der Waals surface area contributed by atoms with Crippen LogP contribution in [0, 0.1) is 0 Å². The molecule has 0 unspecified atom stereocenters. The van der Waals surface area contributed by atoms with Crippen LogP contribution in [0.4, 0.5) is 0 Å². The van der Waals surface area contributed by atoms with Crippen molar-refractivity contribution in [2.24, 2.45) is 0 Å². The zero-order chi connectivity index (χ0) is 35.6. The molecule has 0 amide bonds. The van der Waals surface area contributed by atoms with Gasteiger partial charge < -0.3 is 4.42 Å². The van der Waals surface area contributed by atoms with Gasteiger partial charge in [-0.2, -0.15) is 0 Å². The highest BCUT2D eigenvalue weighted by Gasteiger charge is 2.46. The molecule has 0 saturated heterocycles. The average Bonchev–Trinajstić information content (AvgIpc) is 3.77. The van der Waals surface area contributed by atoms with Crippen LogP contribution in [-0.4, -0.2) is 9.97 Å². The molecule has 10 aromatic rings. The summed E-state index contributed by atoms with van der Waals surface area (Å²) >= 11 is 0. The molecular weight excluding hydrogens is 657 g/mol. The number of benzene rings is 8. The van der Waals surface area contributed by atoms with Crippen LogP contribution >= 0.6 is 0 Å². The van der Waals surface area contributed by atoms with Crippen molar-refractivity contribution in [1.82, 2.24) is 9.97 Å². The maximum atomic E-state index is 6.20. The van der Waals surface area contributed by atoms with E-state index in [0.717, 1.165) is 60.8 Å². The van der Waals surface area contributed by atoms with Crippen LogP contribution < -0.4 is 0 Å². The Morgan fingerprint density at radius 2 is 0.944 bits per heavy atom. The lowest BCUT2D eigenvalue weighted by molar-refractivity contribution is 0.669. The van der Waals surface area contributed by atoms with E-state index in [1.54, 1.807) is 0 Å². The number of fused-ring (bicyclic) bond motifs is 7. The molecular formula is C51H32N2O. The lowest BCUT2D eigenvalue weighted by atomic mass is 9.67. The molecule has 2 heterocycles. The maximum absolute atomic E-state index is 6.20. The first kappa shape index (κ1) is 30.5. The van der Waals surface area contributed by atoms with E-state index in [0.29, 0.717) is 5.82 Å². The van der Waals surface area contributed by atoms with Crippen LogP contribution in [-0.2, 0) is 5.41 Å². The Kier molecular flexibility index (Phi) is 6.77. The van der Waals surface area contributed by atoms with Crippen molar-refractivity contribution in [3.05, 3.63) is 216 Å². The summed E-state index contributed by atoms with van der Waals surface area (Å²) in [6.07, 6.45) is 0. The van der Waals surface area contributed by atoms with E-state index in [2.05, 4.69) is 182 Å². The number of hydrogen-bond acceptors (Lipinski definition) is 3. The van der Waals surface area contributed by atoms with Gasteiger partial charge in [0.2, 0.25) is 0 Å². The molecule has 0 radical (unpaired) electrons. The van der Waals surface area contributed by atoms with Crippen LogP contribution in [0.1, 0.15) is 22.3 Å². The number of rotatable bonds is 5. The molecule has 8 aromatic carbocycles. The highest BCUT2D eigenvalue weighted by molar-refractivity contribution is 6.06. The minimum Gasteiger partial charge on any atom is -0.456 e. The highest BCUT2D eigenvalue weighted by atomic mass is 16.3. The van der Waals surface area contributed by atoms with Gasteiger partial charge >= 0.3 is 0 Å². The van der Waals surface area contributed by atoms with Gasteiger partial charge in [0.25, 0.3) is 0 Å². The summed E-state index contributed by atoms with van der Waals surface area (Å²) in [6.45, 7) is 0. The van der Waals surface area contributed by atoms with Crippen molar-refractivity contribution in [3.63, 3.8) is 0 Å². The normalized spacial score (nSPS) is 13.0. The molecule has 1 aliphatic carbocycles. The van der Waals surface area contributed by atoms with Crippen molar-refractivity contribution in [2.45, 2.75) is 5.41 Å². The van der Waals surface area contributed by atoms with E-state index >= 15 is 0 Å². The Balaban J connectivity index is 1.16. The van der Waals surface area contributed by atoms with Gasteiger partial charge in [-0.3, -0.25) is 0 Å². The molecule has 11 rings (SSSR count). The molecule has 0 atom stereocenters. The topological polar surface area (TPSA) is 38.9 Å². The zero-order valence-electron chi connectivity index (χ0n) is 29.3. The molecule has 0 saturated carbocycles. The van der Waals surface area contributed by atoms with Gasteiger partial charge in [-0.25, -0.2) is 9.97 Å². The van der Waals surface area contributed by atoms with Gasteiger partial charge in [0.15, 0.2) is 5.82 Å². The third kappa shape index (κ3) is 4.55. The number of furan rings is 1. The molecule has 0 fully saturated rings. The summed E-state index contributed by atoms with van der Waals surface area (Å²) in [4.78, 5) is 10.6. The van der Waals surface area contributed by atoms with E-state index in [-0.39, 0.29) is 0 Å². The number of aromatic nitrogens is 2. The predicted octanol–water partition coefficient (Wildman–Crippen LogP) is 12.9. The summed E-state index contributed by atoms with van der Waals surface area (Å²) in [6, 6.07) is 69.2. The van der Waals surface area contributed by atoms with E-state index in [1.807, 2.05) is 12.1 Å². The fourth-order valence-corrected chi connectivity index (χ4v) is 8.78. The molecule has 252 valence electrons. The van der Waals surface area contributed by atoms with Crippen LogP contribution in [0.3, 0.4) is 0 Å². The second kappa shape index (κ2) is 12.0. The molecule has 3 heteroatoms. The minimum atomic E-state index is -0.458. The molecule has 0 aliphatic heterocycles. The van der Waals surface area contributed by atoms with Crippen molar-refractivity contribution < 1.29 is 4.42 Å². The molecule has 0 bridgehead atoms. The molecule has 3 nitrogen and oxygen atoms in total. The molecule has 1 aliphatic rings. The zero-order valence-corrected chi connectivity index (χ0v) is 29.3. The molecule has 0 spiro atoms. The second-order valence-electron chi connectivity index (χ2n) is 14.1. The van der Waals surface area contributed by atoms with E-state index < -0.39 is 5.41 Å². The summed E-state index contributed by atoms with van der Waals surface area (Å²) in [5.41, 5.74) is 13.6. The Hall–Kier alpha value is -7.10. The number of nitrogens with zero attached hydrogens (tertiary/aromatic N) is 2. The lowest BCUT2D eigenvalue weighted by Gasteiger charge is -2.33. The maximum Gasteiger partial charge on any atom is 0.161 e. The highest BCUT2D eigenvalue weighted by Crippen LogP contribution is 2.56. The van der Waals surface area contributed by atoms with Gasteiger partial charge in [-0.1, -0.05) is 158 Å². The van der Waals surface area contributed by atoms with Crippen LogP contribution in [0.15, 0.2) is 199 Å². The summed E-state index contributed by atoms with van der Waals surface area (Å²) < 4.78 is 6.20. The van der Waals surface area contributed by atoms with Crippen molar-refractivity contribution in [1.29, 1.82) is 0 Å². The molecule has 2 aromatic heterocycles. The number of para-hydroxylation sites is 1. The van der Waals surface area contributed by atoms with Gasteiger partial charge in [0.1, 0.15) is 11.2 Å². The van der Waals surface area contributed by atoms with Gasteiger partial charge in [0, 0.05) is 27.5 Å². The third-order valence-electron chi connectivity index (χ3n) is 11.2. The largest absolute Gasteiger partial charge is 0.456 e. The Bertz CT molecular complexity index is 3010. The van der Waals surface area contributed by atoms with E-state index in [4.69, 9.17) is 14.4 Å². The Morgan fingerprint density at radius 1 is 0.370 bits per heavy atom. The monoisotopic (exact) mass is 688 g/mol. The summed E-state index contributed by atoms with van der Waals surface area (Å²) in [5.74, 6) is 0.695. The first-order chi connectivity index (χ1) is 26.8. The SMILES string of the molecule is c1ccc(C2(c3ccccc3)c3ccccc3-c3cc(-c4cc(-c5ccc6oc7ccccc7c6c5)nc(-c5cccc6ccccc56)n4)ccc32)cc1. The Labute approximate surface area is 312 Å². The number of hydrogen-bond donors (Lipinski definition) is 0. The molecule has 54 heavy (non-hydrogen) atoms. The Morgan fingerprint density at radius 3 is 1.74 bits per heavy atom. The summed E-state index contributed by atoms with van der Waals surface area (Å²) in [5, 5.41) is 4.44. The lowest BCUT2D eigenvalue weighted by Crippen LogP contribution is -2.28. The van der Waals surface area contributed by atoms with Crippen molar-refractivity contribution >= 4 is 32.7 Å². The van der Waals surface area contributed by atoms with Gasteiger partial charge in [-0.15, -0.1) is 0 Å². The average molecular weight is 689 g/mol. The van der Waals surface area contributed by atoms with Gasteiger partial charge in [0.05, 0.1) is 16.8 Å². The quantitative estimate of drug-likeness (QED) is 0.181. The van der Waals surface area contributed by atoms with Crippen molar-refractivity contribution in [3.8, 4) is 45.0 Å². The molecule has 0 N–H and O–H groups in total. The van der Waals surface area contributed by atoms with Crippen LogP contribution in [0.5, 0.6) is 0 Å². The van der Waals surface area contributed by atoms with Gasteiger partial charge in [-0.05, 0) is 80.6 Å². The fraction of sp³-hybridized carbons (Fsp3) is 0.0196. The summed E-state index contributed by atoms with van der Waals surface area (Å²) in [7, 11) is 0. The van der Waals surface area contributed by atoms with Crippen molar-refractivity contribution in [2.75, 3.05) is 0 Å². The predicted molar refractivity (Wildman–Crippen MR) is 220 cm³/mol. The first-order valence-electron chi connectivity index (χ1n) is 18.4. The smallest absolute Gasteiger partial charge is 0.161 e.